The fourth-order valence-electron chi connectivity index (χ4n) is 1.68. The smallest absolute Gasteiger partial charge is 0.314 e. The number of benzene rings is 1. The summed E-state index contributed by atoms with van der Waals surface area (Å²) < 4.78 is 33.3. The number of rotatable bonds is 7. The zero-order valence-corrected chi connectivity index (χ0v) is 11.9. The lowest BCUT2D eigenvalue weighted by molar-refractivity contribution is -0.141. The Labute approximate surface area is 113 Å². The molecule has 0 amide bonds. The first-order chi connectivity index (χ1) is 9.00. The average Bonchev–Trinajstić information content (AvgIpc) is 2.43. The highest BCUT2D eigenvalue weighted by atomic mass is 32.2. The van der Waals surface area contributed by atoms with Gasteiger partial charge in [-0.15, -0.1) is 0 Å². The standard InChI is InChI=1S/C13H18O5S/c1-17-8-9-19(15,16)10-12(13(14)18-2)11-6-4-3-5-7-11/h3-7,12H,8-10H2,1-2H3. The van der Waals surface area contributed by atoms with Gasteiger partial charge in [0.2, 0.25) is 0 Å². The molecule has 0 saturated carbocycles. The van der Waals surface area contributed by atoms with E-state index in [1.807, 2.05) is 0 Å². The van der Waals surface area contributed by atoms with Crippen molar-refractivity contribution in [3.8, 4) is 0 Å². The van der Waals surface area contributed by atoms with Crippen LogP contribution in [0.1, 0.15) is 11.5 Å². The summed E-state index contributed by atoms with van der Waals surface area (Å²) in [6, 6.07) is 8.75. The third kappa shape index (κ3) is 5.00. The summed E-state index contributed by atoms with van der Waals surface area (Å²) in [6.45, 7) is 0.116. The van der Waals surface area contributed by atoms with Gasteiger partial charge in [0.25, 0.3) is 0 Å². The number of carbonyl (C=O) groups is 1. The summed E-state index contributed by atoms with van der Waals surface area (Å²) in [7, 11) is -0.687. The van der Waals surface area contributed by atoms with Crippen LogP contribution in [0.2, 0.25) is 0 Å². The van der Waals surface area contributed by atoms with Gasteiger partial charge in [-0.05, 0) is 5.56 Å². The second kappa shape index (κ2) is 7.25. The van der Waals surface area contributed by atoms with Gasteiger partial charge in [0.1, 0.15) is 0 Å². The molecule has 0 heterocycles. The van der Waals surface area contributed by atoms with Crippen molar-refractivity contribution in [1.29, 1.82) is 0 Å². The summed E-state index contributed by atoms with van der Waals surface area (Å²) in [4.78, 5) is 11.7. The Kier molecular flexibility index (Phi) is 5.98. The molecule has 0 aliphatic carbocycles. The molecule has 0 aliphatic heterocycles. The molecule has 1 aromatic carbocycles. The van der Waals surface area contributed by atoms with E-state index in [0.717, 1.165) is 0 Å². The van der Waals surface area contributed by atoms with Gasteiger partial charge in [0.15, 0.2) is 9.84 Å². The van der Waals surface area contributed by atoms with E-state index in [1.165, 1.54) is 14.2 Å². The van der Waals surface area contributed by atoms with Crippen molar-refractivity contribution in [2.45, 2.75) is 5.92 Å². The monoisotopic (exact) mass is 286 g/mol. The highest BCUT2D eigenvalue weighted by molar-refractivity contribution is 7.91. The molecule has 1 aromatic rings. The van der Waals surface area contributed by atoms with Gasteiger partial charge in [0, 0.05) is 7.11 Å². The van der Waals surface area contributed by atoms with Crippen molar-refractivity contribution < 1.29 is 22.7 Å². The van der Waals surface area contributed by atoms with Crippen molar-refractivity contribution in [2.75, 3.05) is 32.3 Å². The Morgan fingerprint density at radius 3 is 2.37 bits per heavy atom. The molecular formula is C13H18O5S. The van der Waals surface area contributed by atoms with Crippen LogP contribution in [0.25, 0.3) is 0 Å². The summed E-state index contributed by atoms with van der Waals surface area (Å²) in [5.41, 5.74) is 0.635. The Morgan fingerprint density at radius 1 is 1.21 bits per heavy atom. The van der Waals surface area contributed by atoms with Gasteiger partial charge in [0.05, 0.1) is 31.1 Å². The Bertz CT molecular complexity index is 495. The van der Waals surface area contributed by atoms with Crippen LogP contribution in [-0.4, -0.2) is 46.7 Å². The number of methoxy groups -OCH3 is 2. The van der Waals surface area contributed by atoms with Crippen molar-refractivity contribution in [2.24, 2.45) is 0 Å². The molecule has 0 aliphatic rings. The molecule has 1 unspecified atom stereocenters. The van der Waals surface area contributed by atoms with Crippen LogP contribution in [0.4, 0.5) is 0 Å². The molecule has 0 spiro atoms. The maximum absolute atomic E-state index is 11.9. The number of hydrogen-bond donors (Lipinski definition) is 0. The highest BCUT2D eigenvalue weighted by Gasteiger charge is 2.27. The minimum absolute atomic E-state index is 0.107. The number of sulfone groups is 1. The maximum atomic E-state index is 11.9. The molecule has 5 nitrogen and oxygen atoms in total. The second-order valence-electron chi connectivity index (χ2n) is 4.09. The first kappa shape index (κ1) is 15.7. The maximum Gasteiger partial charge on any atom is 0.314 e. The first-order valence-corrected chi connectivity index (χ1v) is 7.64. The van der Waals surface area contributed by atoms with E-state index in [1.54, 1.807) is 30.3 Å². The Morgan fingerprint density at radius 2 is 1.84 bits per heavy atom. The predicted molar refractivity (Wildman–Crippen MR) is 71.7 cm³/mol. The van der Waals surface area contributed by atoms with Crippen LogP contribution >= 0.6 is 0 Å². The minimum atomic E-state index is -3.37. The van der Waals surface area contributed by atoms with Crippen molar-refractivity contribution in [1.82, 2.24) is 0 Å². The van der Waals surface area contributed by atoms with Crippen LogP contribution < -0.4 is 0 Å². The fourth-order valence-corrected chi connectivity index (χ4v) is 3.10. The van der Waals surface area contributed by atoms with Crippen LogP contribution in [0.15, 0.2) is 30.3 Å². The van der Waals surface area contributed by atoms with E-state index in [0.29, 0.717) is 5.56 Å². The van der Waals surface area contributed by atoms with E-state index in [2.05, 4.69) is 4.74 Å². The molecule has 1 atom stereocenters. The van der Waals surface area contributed by atoms with Gasteiger partial charge in [-0.3, -0.25) is 4.79 Å². The van der Waals surface area contributed by atoms with E-state index >= 15 is 0 Å². The van der Waals surface area contributed by atoms with E-state index in [4.69, 9.17) is 4.74 Å². The Hall–Kier alpha value is -1.40. The molecule has 0 saturated heterocycles. The summed E-state index contributed by atoms with van der Waals surface area (Å²) >= 11 is 0. The second-order valence-corrected chi connectivity index (χ2v) is 6.32. The molecule has 19 heavy (non-hydrogen) atoms. The van der Waals surface area contributed by atoms with Gasteiger partial charge in [-0.1, -0.05) is 30.3 Å². The highest BCUT2D eigenvalue weighted by Crippen LogP contribution is 2.19. The van der Waals surface area contributed by atoms with E-state index in [-0.39, 0.29) is 18.1 Å². The fraction of sp³-hybridized carbons (Fsp3) is 0.462. The van der Waals surface area contributed by atoms with Gasteiger partial charge in [-0.25, -0.2) is 8.42 Å². The predicted octanol–water partition coefficient (Wildman–Crippen LogP) is 1.00. The number of ether oxygens (including phenoxy) is 2. The average molecular weight is 286 g/mol. The summed E-state index contributed by atoms with van der Waals surface area (Å²) in [6.07, 6.45) is 0. The SMILES string of the molecule is COCCS(=O)(=O)CC(C(=O)OC)c1ccccc1. The number of esters is 1. The van der Waals surface area contributed by atoms with Crippen molar-refractivity contribution in [3.05, 3.63) is 35.9 Å². The number of carbonyl (C=O) groups excluding carboxylic acids is 1. The van der Waals surface area contributed by atoms with Crippen LogP contribution in [0.3, 0.4) is 0 Å². The third-order valence-corrected chi connectivity index (χ3v) is 4.34. The molecular weight excluding hydrogens is 268 g/mol. The summed E-state index contributed by atoms with van der Waals surface area (Å²) in [5.74, 6) is -1.73. The molecule has 0 bridgehead atoms. The van der Waals surface area contributed by atoms with Crippen LogP contribution in [0, 0.1) is 0 Å². The normalized spacial score (nSPS) is 12.9. The lowest BCUT2D eigenvalue weighted by atomic mass is 10.0. The Balaban J connectivity index is 2.91. The van der Waals surface area contributed by atoms with E-state index in [9.17, 15) is 13.2 Å². The lowest BCUT2D eigenvalue weighted by Gasteiger charge is -2.15. The van der Waals surface area contributed by atoms with E-state index < -0.39 is 21.7 Å². The minimum Gasteiger partial charge on any atom is -0.469 e. The van der Waals surface area contributed by atoms with Crippen LogP contribution in [-0.2, 0) is 24.1 Å². The molecule has 1 rings (SSSR count). The largest absolute Gasteiger partial charge is 0.469 e. The van der Waals surface area contributed by atoms with Crippen molar-refractivity contribution >= 4 is 15.8 Å². The third-order valence-electron chi connectivity index (χ3n) is 2.71. The first-order valence-electron chi connectivity index (χ1n) is 5.82. The molecule has 0 aromatic heterocycles. The van der Waals surface area contributed by atoms with Gasteiger partial charge < -0.3 is 9.47 Å². The molecule has 106 valence electrons. The molecule has 6 heteroatoms. The summed E-state index contributed by atoms with van der Waals surface area (Å²) in [5, 5.41) is 0. The quantitative estimate of drug-likeness (QED) is 0.700. The lowest BCUT2D eigenvalue weighted by Crippen LogP contribution is -2.26. The number of hydrogen-bond acceptors (Lipinski definition) is 5. The molecule has 0 fully saturated rings. The molecule has 0 N–H and O–H groups in total. The van der Waals surface area contributed by atoms with Crippen LogP contribution in [0.5, 0.6) is 0 Å². The molecule has 0 radical (unpaired) electrons. The zero-order valence-electron chi connectivity index (χ0n) is 11.0. The van der Waals surface area contributed by atoms with Crippen molar-refractivity contribution in [3.63, 3.8) is 0 Å². The topological polar surface area (TPSA) is 69.7 Å². The van der Waals surface area contributed by atoms with Gasteiger partial charge in [-0.2, -0.15) is 0 Å². The zero-order chi connectivity index (χ0) is 14.3. The van der Waals surface area contributed by atoms with Gasteiger partial charge >= 0.3 is 5.97 Å².